The normalized spacial score (nSPS) is 23.1. The van der Waals surface area contributed by atoms with Gasteiger partial charge >= 0.3 is 0 Å². The van der Waals surface area contributed by atoms with Gasteiger partial charge in [0.2, 0.25) is 0 Å². The maximum absolute atomic E-state index is 11.9. The lowest BCUT2D eigenvalue weighted by Gasteiger charge is -2.14. The topological polar surface area (TPSA) is 29.1 Å². The Kier molecular flexibility index (Phi) is 4.93. The third-order valence-corrected chi connectivity index (χ3v) is 5.08. The van der Waals surface area contributed by atoms with E-state index in [1.807, 2.05) is 0 Å². The lowest BCUT2D eigenvalue weighted by Crippen LogP contribution is -2.31. The van der Waals surface area contributed by atoms with Crippen molar-refractivity contribution in [3.8, 4) is 0 Å². The maximum Gasteiger partial charge on any atom is 0.251 e. The van der Waals surface area contributed by atoms with Crippen LogP contribution >= 0.6 is 39.1 Å². The molecule has 1 aliphatic rings. The van der Waals surface area contributed by atoms with E-state index in [9.17, 15) is 4.79 Å². The zero-order chi connectivity index (χ0) is 13.1. The van der Waals surface area contributed by atoms with Crippen LogP contribution in [0.2, 0.25) is 5.02 Å². The summed E-state index contributed by atoms with van der Waals surface area (Å²) in [5.41, 5.74) is 0.576. The minimum Gasteiger partial charge on any atom is -0.352 e. The first kappa shape index (κ1) is 14.2. The van der Waals surface area contributed by atoms with E-state index in [4.69, 9.17) is 23.2 Å². The van der Waals surface area contributed by atoms with Crippen molar-refractivity contribution >= 4 is 45.0 Å². The van der Waals surface area contributed by atoms with E-state index in [0.29, 0.717) is 23.0 Å². The Hall–Kier alpha value is -0.250. The molecule has 0 spiro atoms. The van der Waals surface area contributed by atoms with Crippen molar-refractivity contribution in [2.24, 2.45) is 5.92 Å². The molecule has 0 bridgehead atoms. The van der Waals surface area contributed by atoms with Gasteiger partial charge in [0.15, 0.2) is 0 Å². The summed E-state index contributed by atoms with van der Waals surface area (Å²) in [6.07, 6.45) is 3.29. The van der Waals surface area contributed by atoms with Gasteiger partial charge in [-0.1, -0.05) is 18.0 Å². The number of carbonyl (C=O) groups excluding carboxylic acids is 1. The zero-order valence-corrected chi connectivity index (χ0v) is 12.9. The molecule has 1 aromatic rings. The van der Waals surface area contributed by atoms with Crippen molar-refractivity contribution in [3.05, 3.63) is 33.3 Å². The van der Waals surface area contributed by atoms with Gasteiger partial charge in [-0.25, -0.2) is 0 Å². The Balaban J connectivity index is 1.93. The maximum atomic E-state index is 11.9. The SMILES string of the molecule is O=C(NCC1CCCC1Cl)c1ccc(Br)c(Cl)c1. The molecule has 0 aliphatic heterocycles. The van der Waals surface area contributed by atoms with Crippen molar-refractivity contribution in [2.75, 3.05) is 6.54 Å². The number of hydrogen-bond donors (Lipinski definition) is 1. The molecule has 5 heteroatoms. The van der Waals surface area contributed by atoms with E-state index in [-0.39, 0.29) is 11.3 Å². The number of alkyl halides is 1. The van der Waals surface area contributed by atoms with Crippen LogP contribution in [0, 0.1) is 5.92 Å². The standard InChI is InChI=1S/C13H14BrCl2NO/c14-10-5-4-8(6-12(10)16)13(18)17-7-9-2-1-3-11(9)15/h4-6,9,11H,1-3,7H2,(H,17,18). The number of benzene rings is 1. The number of halogens is 3. The molecule has 1 fully saturated rings. The van der Waals surface area contributed by atoms with Gasteiger partial charge in [0.1, 0.15) is 0 Å². The van der Waals surface area contributed by atoms with Crippen molar-refractivity contribution in [1.82, 2.24) is 5.32 Å². The van der Waals surface area contributed by atoms with Gasteiger partial charge < -0.3 is 5.32 Å². The molecule has 1 saturated carbocycles. The fourth-order valence-corrected chi connectivity index (χ4v) is 2.98. The molecular weight excluding hydrogens is 337 g/mol. The van der Waals surface area contributed by atoms with Crippen LogP contribution in [0.15, 0.2) is 22.7 Å². The summed E-state index contributed by atoms with van der Waals surface area (Å²) >= 11 is 15.4. The summed E-state index contributed by atoms with van der Waals surface area (Å²) in [4.78, 5) is 11.9. The van der Waals surface area contributed by atoms with Crippen molar-refractivity contribution in [2.45, 2.75) is 24.6 Å². The van der Waals surface area contributed by atoms with Gasteiger partial charge in [-0.2, -0.15) is 0 Å². The molecule has 2 nitrogen and oxygen atoms in total. The average Bonchev–Trinajstić information content (AvgIpc) is 2.75. The lowest BCUT2D eigenvalue weighted by molar-refractivity contribution is 0.0947. The molecule has 0 saturated heterocycles. The van der Waals surface area contributed by atoms with E-state index in [0.717, 1.165) is 23.7 Å². The molecule has 98 valence electrons. The second-order valence-electron chi connectivity index (χ2n) is 4.55. The van der Waals surface area contributed by atoms with Crippen LogP contribution in [0.4, 0.5) is 0 Å². The first-order valence-electron chi connectivity index (χ1n) is 5.95. The van der Waals surface area contributed by atoms with Crippen LogP contribution in [0.1, 0.15) is 29.6 Å². The van der Waals surface area contributed by atoms with E-state index < -0.39 is 0 Å². The fraction of sp³-hybridized carbons (Fsp3) is 0.462. The monoisotopic (exact) mass is 349 g/mol. The van der Waals surface area contributed by atoms with E-state index in [2.05, 4.69) is 21.2 Å². The van der Waals surface area contributed by atoms with Gasteiger partial charge in [0, 0.05) is 22.0 Å². The van der Waals surface area contributed by atoms with Crippen molar-refractivity contribution in [3.63, 3.8) is 0 Å². The molecule has 1 amide bonds. The Morgan fingerprint density at radius 3 is 2.83 bits per heavy atom. The Labute approximate surface area is 125 Å². The number of amides is 1. The van der Waals surface area contributed by atoms with Crippen LogP contribution in [-0.4, -0.2) is 17.8 Å². The molecule has 2 atom stereocenters. The van der Waals surface area contributed by atoms with Gasteiger partial charge in [0.25, 0.3) is 5.91 Å². The summed E-state index contributed by atoms with van der Waals surface area (Å²) in [6.45, 7) is 0.640. The Morgan fingerprint density at radius 2 is 2.22 bits per heavy atom. The molecule has 1 aliphatic carbocycles. The summed E-state index contributed by atoms with van der Waals surface area (Å²) in [7, 11) is 0. The minimum atomic E-state index is -0.0971. The highest BCUT2D eigenvalue weighted by Gasteiger charge is 2.25. The smallest absolute Gasteiger partial charge is 0.251 e. The summed E-state index contributed by atoms with van der Waals surface area (Å²) < 4.78 is 0.789. The highest BCUT2D eigenvalue weighted by molar-refractivity contribution is 9.10. The molecule has 2 unspecified atom stereocenters. The van der Waals surface area contributed by atoms with Crippen molar-refractivity contribution < 1.29 is 4.79 Å². The van der Waals surface area contributed by atoms with E-state index in [1.165, 1.54) is 0 Å². The quantitative estimate of drug-likeness (QED) is 0.811. The summed E-state index contributed by atoms with van der Waals surface area (Å²) in [5, 5.41) is 3.65. The zero-order valence-electron chi connectivity index (χ0n) is 9.76. The minimum absolute atomic E-state index is 0.0971. The number of hydrogen-bond acceptors (Lipinski definition) is 1. The van der Waals surface area contributed by atoms with Crippen LogP contribution in [0.25, 0.3) is 0 Å². The van der Waals surface area contributed by atoms with E-state index in [1.54, 1.807) is 18.2 Å². The van der Waals surface area contributed by atoms with Crippen LogP contribution in [0.5, 0.6) is 0 Å². The molecule has 1 aromatic carbocycles. The van der Waals surface area contributed by atoms with Gasteiger partial charge in [0.05, 0.1) is 5.02 Å². The van der Waals surface area contributed by atoms with Crippen LogP contribution in [-0.2, 0) is 0 Å². The largest absolute Gasteiger partial charge is 0.352 e. The summed E-state index contributed by atoms with van der Waals surface area (Å²) in [5.74, 6) is 0.293. The number of nitrogens with one attached hydrogen (secondary N) is 1. The second-order valence-corrected chi connectivity index (χ2v) is 6.37. The van der Waals surface area contributed by atoms with Gasteiger partial charge in [-0.05, 0) is 52.9 Å². The highest BCUT2D eigenvalue weighted by atomic mass is 79.9. The third-order valence-electron chi connectivity index (χ3n) is 3.27. The molecule has 0 radical (unpaired) electrons. The van der Waals surface area contributed by atoms with Crippen molar-refractivity contribution in [1.29, 1.82) is 0 Å². The fourth-order valence-electron chi connectivity index (χ4n) is 2.18. The van der Waals surface area contributed by atoms with Gasteiger partial charge in [-0.3, -0.25) is 4.79 Å². The third kappa shape index (κ3) is 3.40. The van der Waals surface area contributed by atoms with Gasteiger partial charge in [-0.15, -0.1) is 11.6 Å². The first-order chi connectivity index (χ1) is 8.58. The highest BCUT2D eigenvalue weighted by Crippen LogP contribution is 2.29. The predicted molar refractivity (Wildman–Crippen MR) is 78.5 cm³/mol. The molecule has 2 rings (SSSR count). The predicted octanol–water partition coefficient (Wildman–Crippen LogP) is 4.24. The van der Waals surface area contributed by atoms with Crippen LogP contribution in [0.3, 0.4) is 0 Å². The summed E-state index contributed by atoms with van der Waals surface area (Å²) in [6, 6.07) is 5.18. The molecule has 0 aromatic heterocycles. The van der Waals surface area contributed by atoms with E-state index >= 15 is 0 Å². The lowest BCUT2D eigenvalue weighted by atomic mass is 10.1. The second kappa shape index (κ2) is 6.27. The number of carbonyl (C=O) groups is 1. The number of rotatable bonds is 3. The molecule has 18 heavy (non-hydrogen) atoms. The first-order valence-corrected chi connectivity index (χ1v) is 7.56. The molecular formula is C13H14BrCl2NO. The molecule has 1 N–H and O–H groups in total. The van der Waals surface area contributed by atoms with Crippen LogP contribution < -0.4 is 5.32 Å². The Bertz CT molecular complexity index is 453. The Morgan fingerprint density at radius 1 is 1.44 bits per heavy atom. The average molecular weight is 351 g/mol. The molecule has 0 heterocycles.